The van der Waals surface area contributed by atoms with Crippen LogP contribution in [0.15, 0.2) is 218 Å². The fourth-order valence-electron chi connectivity index (χ4n) is 10.5. The second-order valence-corrected chi connectivity index (χ2v) is 16.3. The van der Waals surface area contributed by atoms with Crippen LogP contribution in [0.25, 0.3) is 95.0 Å². The number of aromatic nitrogens is 4. The lowest BCUT2D eigenvalue weighted by Crippen LogP contribution is -2.25. The van der Waals surface area contributed by atoms with Gasteiger partial charge in [0, 0.05) is 33.2 Å². The van der Waals surface area contributed by atoms with Crippen LogP contribution in [0, 0.1) is 0 Å². The molecule has 288 valence electrons. The van der Waals surface area contributed by atoms with E-state index < -0.39 is 5.41 Å². The first-order valence-corrected chi connectivity index (χ1v) is 21.2. The number of hydrogen-bond acceptors (Lipinski definition) is 3. The van der Waals surface area contributed by atoms with E-state index in [0.29, 0.717) is 17.5 Å². The molecule has 2 aliphatic carbocycles. The molecule has 0 N–H and O–H groups in total. The van der Waals surface area contributed by atoms with Crippen molar-refractivity contribution in [3.8, 4) is 73.2 Å². The number of benzene rings is 9. The molecule has 9 aromatic carbocycles. The highest BCUT2D eigenvalue weighted by Gasteiger charge is 2.51. The van der Waals surface area contributed by atoms with E-state index in [1.165, 1.54) is 55.3 Å². The smallest absolute Gasteiger partial charge is 0.164 e. The Bertz CT molecular complexity index is 3520. The predicted molar refractivity (Wildman–Crippen MR) is 252 cm³/mol. The quantitative estimate of drug-likeness (QED) is 0.174. The summed E-state index contributed by atoms with van der Waals surface area (Å²) in [6.45, 7) is 0. The Morgan fingerprint density at radius 2 is 0.774 bits per heavy atom. The van der Waals surface area contributed by atoms with Gasteiger partial charge in [-0.2, -0.15) is 0 Å². The molecule has 0 bridgehead atoms. The average molecular weight is 789 g/mol. The maximum atomic E-state index is 5.35. The molecule has 2 heterocycles. The fraction of sp³-hybridized carbons (Fsp3) is 0.0172. The first-order valence-electron chi connectivity index (χ1n) is 21.2. The molecule has 0 saturated carbocycles. The summed E-state index contributed by atoms with van der Waals surface area (Å²) in [7, 11) is 0. The maximum Gasteiger partial charge on any atom is 0.164 e. The number of hydrogen-bond donors (Lipinski definition) is 0. The zero-order chi connectivity index (χ0) is 40.8. The van der Waals surface area contributed by atoms with Crippen molar-refractivity contribution in [2.45, 2.75) is 5.41 Å². The first-order chi connectivity index (χ1) is 30.8. The molecule has 11 aromatic rings. The molecule has 0 aliphatic heterocycles. The van der Waals surface area contributed by atoms with Crippen molar-refractivity contribution in [3.05, 3.63) is 241 Å². The summed E-state index contributed by atoms with van der Waals surface area (Å²) in [5, 5.41) is 2.39. The highest BCUT2D eigenvalue weighted by Crippen LogP contribution is 2.63. The van der Waals surface area contributed by atoms with Crippen LogP contribution in [0.2, 0.25) is 0 Å². The molecule has 62 heavy (non-hydrogen) atoms. The second kappa shape index (κ2) is 13.4. The predicted octanol–water partition coefficient (Wildman–Crippen LogP) is 14.0. The highest BCUT2D eigenvalue weighted by atomic mass is 15.0. The molecule has 0 saturated heterocycles. The summed E-state index contributed by atoms with van der Waals surface area (Å²) in [4.78, 5) is 15.8. The van der Waals surface area contributed by atoms with Crippen molar-refractivity contribution < 1.29 is 0 Å². The van der Waals surface area contributed by atoms with Gasteiger partial charge >= 0.3 is 0 Å². The van der Waals surface area contributed by atoms with E-state index in [1.807, 2.05) is 18.2 Å². The van der Waals surface area contributed by atoms with Crippen molar-refractivity contribution in [1.82, 2.24) is 19.5 Å². The van der Waals surface area contributed by atoms with Crippen LogP contribution in [-0.4, -0.2) is 19.5 Å². The lowest BCUT2D eigenvalue weighted by molar-refractivity contribution is 0.794. The van der Waals surface area contributed by atoms with Crippen LogP contribution in [0.4, 0.5) is 0 Å². The average Bonchev–Trinajstić information content (AvgIpc) is 3.96. The van der Waals surface area contributed by atoms with Crippen molar-refractivity contribution in [2.24, 2.45) is 0 Å². The van der Waals surface area contributed by atoms with Crippen molar-refractivity contribution in [3.63, 3.8) is 0 Å². The fourth-order valence-corrected chi connectivity index (χ4v) is 10.5. The van der Waals surface area contributed by atoms with Gasteiger partial charge in [0.1, 0.15) is 0 Å². The van der Waals surface area contributed by atoms with Crippen LogP contribution in [0.1, 0.15) is 22.3 Å². The minimum Gasteiger partial charge on any atom is -0.309 e. The maximum absolute atomic E-state index is 5.35. The molecule has 0 amide bonds. The molecule has 0 atom stereocenters. The van der Waals surface area contributed by atoms with Gasteiger partial charge in [-0.1, -0.05) is 188 Å². The van der Waals surface area contributed by atoms with Crippen LogP contribution >= 0.6 is 0 Å². The van der Waals surface area contributed by atoms with Crippen molar-refractivity contribution >= 4 is 21.8 Å². The summed E-state index contributed by atoms with van der Waals surface area (Å²) < 4.78 is 2.34. The minimum atomic E-state index is -0.439. The second-order valence-electron chi connectivity index (χ2n) is 16.3. The molecule has 0 radical (unpaired) electrons. The molecule has 2 aliphatic rings. The Morgan fingerprint density at radius 1 is 0.290 bits per heavy atom. The number of para-hydroxylation sites is 2. The lowest BCUT2D eigenvalue weighted by Gasteiger charge is -2.30. The summed E-state index contributed by atoms with van der Waals surface area (Å²) >= 11 is 0. The standard InChI is InChI=1S/C58H36N4/c1-3-17-37(18-4-1)55-59-56(39-32-34-47-46-25-12-16-30-53(46)62(54(47)36-39)40-19-5-2-6-20-40)61-57(60-55)48-26-8-7-21-41(48)38-31-33-45-44-24-11-15-29-51(44)58(52(45)35-38)49-27-13-9-22-42(49)43-23-10-14-28-50(43)58/h1-36H. The highest BCUT2D eigenvalue weighted by molar-refractivity contribution is 6.10. The number of fused-ring (bicyclic) bond motifs is 13. The Labute approximate surface area is 359 Å². The van der Waals surface area contributed by atoms with Gasteiger partial charge < -0.3 is 4.57 Å². The molecule has 13 rings (SSSR count). The van der Waals surface area contributed by atoms with Gasteiger partial charge in [0.05, 0.1) is 16.4 Å². The molecule has 4 nitrogen and oxygen atoms in total. The topological polar surface area (TPSA) is 43.6 Å². The van der Waals surface area contributed by atoms with Crippen LogP contribution in [0.3, 0.4) is 0 Å². The van der Waals surface area contributed by atoms with Crippen molar-refractivity contribution in [2.75, 3.05) is 0 Å². The minimum absolute atomic E-state index is 0.439. The summed E-state index contributed by atoms with van der Waals surface area (Å²) in [5.41, 5.74) is 18.3. The van der Waals surface area contributed by atoms with Crippen LogP contribution < -0.4 is 0 Å². The van der Waals surface area contributed by atoms with E-state index in [2.05, 4.69) is 205 Å². The molecule has 0 fully saturated rings. The van der Waals surface area contributed by atoms with Crippen LogP contribution in [0.5, 0.6) is 0 Å². The SMILES string of the molecule is c1ccc(-c2nc(-c3ccc4c5ccccc5n(-c5ccccc5)c4c3)nc(-c3ccccc3-c3ccc4c(c3)C3(c5ccccc5-c5ccccc53)c3ccccc3-4)n2)cc1. The van der Waals surface area contributed by atoms with E-state index in [1.54, 1.807) is 0 Å². The molecular formula is C58H36N4. The van der Waals surface area contributed by atoms with Gasteiger partial charge in [-0.15, -0.1) is 0 Å². The Balaban J connectivity index is 1.02. The van der Waals surface area contributed by atoms with Crippen LogP contribution in [-0.2, 0) is 5.41 Å². The monoisotopic (exact) mass is 788 g/mol. The Hall–Kier alpha value is -8.21. The third kappa shape index (κ3) is 4.92. The Morgan fingerprint density at radius 3 is 1.45 bits per heavy atom. The zero-order valence-corrected chi connectivity index (χ0v) is 33.6. The van der Waals surface area contributed by atoms with E-state index >= 15 is 0 Å². The zero-order valence-electron chi connectivity index (χ0n) is 33.6. The van der Waals surface area contributed by atoms with Crippen molar-refractivity contribution in [1.29, 1.82) is 0 Å². The molecule has 2 aromatic heterocycles. The van der Waals surface area contributed by atoms with E-state index in [9.17, 15) is 0 Å². The normalized spacial score (nSPS) is 13.0. The van der Waals surface area contributed by atoms with Gasteiger partial charge in [-0.05, 0) is 86.0 Å². The summed E-state index contributed by atoms with van der Waals surface area (Å²) in [5.74, 6) is 1.88. The molecular weight excluding hydrogens is 753 g/mol. The van der Waals surface area contributed by atoms with Gasteiger partial charge in [-0.25, -0.2) is 15.0 Å². The molecule has 1 spiro atoms. The van der Waals surface area contributed by atoms with E-state index in [4.69, 9.17) is 15.0 Å². The number of rotatable bonds is 5. The van der Waals surface area contributed by atoms with E-state index in [-0.39, 0.29) is 0 Å². The van der Waals surface area contributed by atoms with Gasteiger partial charge in [-0.3, -0.25) is 0 Å². The Kier molecular flexibility index (Phi) is 7.49. The van der Waals surface area contributed by atoms with E-state index in [0.717, 1.165) is 44.5 Å². The first kappa shape index (κ1) is 34.6. The largest absolute Gasteiger partial charge is 0.309 e. The number of nitrogens with zero attached hydrogens (tertiary/aromatic N) is 4. The lowest BCUT2D eigenvalue weighted by atomic mass is 9.70. The molecule has 0 unspecified atom stereocenters. The van der Waals surface area contributed by atoms with Gasteiger partial charge in [0.15, 0.2) is 17.5 Å². The summed E-state index contributed by atoms with van der Waals surface area (Å²) in [6, 6.07) is 78.5. The van der Waals surface area contributed by atoms with Gasteiger partial charge in [0.25, 0.3) is 0 Å². The third-order valence-electron chi connectivity index (χ3n) is 13.1. The molecule has 4 heteroatoms. The third-order valence-corrected chi connectivity index (χ3v) is 13.1. The van der Waals surface area contributed by atoms with Gasteiger partial charge in [0.2, 0.25) is 0 Å². The summed E-state index contributed by atoms with van der Waals surface area (Å²) in [6.07, 6.45) is 0.